The Bertz CT molecular complexity index is 787. The zero-order chi connectivity index (χ0) is 16.7. The molecule has 1 heterocycles. The first-order valence-electron chi connectivity index (χ1n) is 8.29. The first-order valence-corrected chi connectivity index (χ1v) is 9.17. The molecule has 0 aliphatic heterocycles. The number of thioether (sulfide) groups is 1. The molecule has 126 valence electrons. The average Bonchev–Trinajstić information content (AvgIpc) is 3.20. The number of hydrogen-bond acceptors (Lipinski definition) is 4. The fraction of sp³-hybridized carbons (Fsp3) is 0.471. The number of carbonyl (C=O) groups is 1. The highest BCUT2D eigenvalue weighted by molar-refractivity contribution is 7.99. The topological polar surface area (TPSA) is 73.8 Å². The van der Waals surface area contributed by atoms with Crippen molar-refractivity contribution in [2.45, 2.75) is 55.0 Å². The molecule has 5 nitrogen and oxygen atoms in total. The SMILES string of the molecule is NC(=O)CCn1c(S[C@@H]2CCc3c(F)cccc32)nnc1C1CC1. The normalized spacial score (nSPS) is 19.5. The fourth-order valence-corrected chi connectivity index (χ4v) is 4.52. The Balaban J connectivity index is 1.59. The van der Waals surface area contributed by atoms with E-state index in [4.69, 9.17) is 5.73 Å². The number of nitrogens with two attached hydrogens (primary N) is 1. The molecule has 1 saturated carbocycles. The van der Waals surface area contributed by atoms with Crippen molar-refractivity contribution >= 4 is 17.7 Å². The van der Waals surface area contributed by atoms with Crippen molar-refractivity contribution < 1.29 is 9.18 Å². The summed E-state index contributed by atoms with van der Waals surface area (Å²) in [5.41, 5.74) is 7.18. The molecule has 2 aliphatic carbocycles. The van der Waals surface area contributed by atoms with Crippen LogP contribution in [0.15, 0.2) is 23.4 Å². The third-order valence-electron chi connectivity index (χ3n) is 4.68. The fourth-order valence-electron chi connectivity index (χ4n) is 3.28. The second-order valence-electron chi connectivity index (χ2n) is 6.44. The van der Waals surface area contributed by atoms with Gasteiger partial charge in [-0.3, -0.25) is 4.79 Å². The van der Waals surface area contributed by atoms with E-state index in [1.807, 2.05) is 10.6 Å². The molecule has 2 aliphatic rings. The van der Waals surface area contributed by atoms with Gasteiger partial charge in [0.05, 0.1) is 0 Å². The van der Waals surface area contributed by atoms with E-state index in [2.05, 4.69) is 10.2 Å². The van der Waals surface area contributed by atoms with Crippen molar-refractivity contribution in [3.63, 3.8) is 0 Å². The monoisotopic (exact) mass is 346 g/mol. The van der Waals surface area contributed by atoms with Crippen molar-refractivity contribution in [3.05, 3.63) is 41.0 Å². The third kappa shape index (κ3) is 2.92. The van der Waals surface area contributed by atoms with E-state index in [0.717, 1.165) is 47.8 Å². The number of aromatic nitrogens is 3. The van der Waals surface area contributed by atoms with Crippen LogP contribution in [0.3, 0.4) is 0 Å². The quantitative estimate of drug-likeness (QED) is 0.873. The first kappa shape index (κ1) is 15.6. The number of hydrogen-bond donors (Lipinski definition) is 1. The molecule has 2 N–H and O–H groups in total. The number of benzene rings is 1. The Morgan fingerprint density at radius 3 is 2.92 bits per heavy atom. The van der Waals surface area contributed by atoms with Crippen molar-refractivity contribution in [2.75, 3.05) is 0 Å². The van der Waals surface area contributed by atoms with Crippen LogP contribution in [0.2, 0.25) is 0 Å². The van der Waals surface area contributed by atoms with Gasteiger partial charge in [0.1, 0.15) is 11.6 Å². The molecule has 0 saturated heterocycles. The zero-order valence-electron chi connectivity index (χ0n) is 13.2. The Labute approximate surface area is 143 Å². The van der Waals surface area contributed by atoms with Gasteiger partial charge in [-0.05, 0) is 42.9 Å². The number of nitrogens with zero attached hydrogens (tertiary/aromatic N) is 3. The molecular formula is C17H19FN4OS. The molecule has 1 aromatic heterocycles. The van der Waals surface area contributed by atoms with Crippen LogP contribution in [0.1, 0.15) is 53.8 Å². The predicted molar refractivity (Wildman–Crippen MR) is 89.1 cm³/mol. The number of fused-ring (bicyclic) bond motifs is 1. The summed E-state index contributed by atoms with van der Waals surface area (Å²) in [6.07, 6.45) is 4.17. The van der Waals surface area contributed by atoms with Crippen molar-refractivity contribution in [1.29, 1.82) is 0 Å². The maximum Gasteiger partial charge on any atom is 0.219 e. The zero-order valence-corrected chi connectivity index (χ0v) is 14.1. The van der Waals surface area contributed by atoms with E-state index < -0.39 is 0 Å². The highest BCUT2D eigenvalue weighted by Crippen LogP contribution is 2.46. The second kappa shape index (κ2) is 6.20. The molecule has 0 radical (unpaired) electrons. The van der Waals surface area contributed by atoms with Gasteiger partial charge in [-0.25, -0.2) is 4.39 Å². The minimum atomic E-state index is -0.324. The van der Waals surface area contributed by atoms with E-state index >= 15 is 0 Å². The van der Waals surface area contributed by atoms with Gasteiger partial charge in [-0.1, -0.05) is 23.9 Å². The molecule has 1 amide bonds. The molecule has 7 heteroatoms. The van der Waals surface area contributed by atoms with E-state index in [1.54, 1.807) is 17.8 Å². The number of rotatable bonds is 6. The summed E-state index contributed by atoms with van der Waals surface area (Å²) in [5.74, 6) is 0.961. The molecule has 1 aromatic carbocycles. The Morgan fingerprint density at radius 2 is 2.17 bits per heavy atom. The van der Waals surface area contributed by atoms with Crippen LogP contribution in [0, 0.1) is 5.82 Å². The molecule has 2 aromatic rings. The van der Waals surface area contributed by atoms with Crippen LogP contribution in [0.5, 0.6) is 0 Å². The maximum atomic E-state index is 13.9. The smallest absolute Gasteiger partial charge is 0.219 e. The van der Waals surface area contributed by atoms with Crippen LogP contribution < -0.4 is 5.73 Å². The number of amides is 1. The van der Waals surface area contributed by atoms with Crippen LogP contribution >= 0.6 is 11.8 Å². The molecule has 0 spiro atoms. The highest BCUT2D eigenvalue weighted by Gasteiger charge is 2.32. The van der Waals surface area contributed by atoms with Crippen molar-refractivity contribution in [3.8, 4) is 0 Å². The molecule has 0 unspecified atom stereocenters. The minimum Gasteiger partial charge on any atom is -0.370 e. The molecular weight excluding hydrogens is 327 g/mol. The largest absolute Gasteiger partial charge is 0.370 e. The Morgan fingerprint density at radius 1 is 1.33 bits per heavy atom. The van der Waals surface area contributed by atoms with Crippen LogP contribution in [-0.2, 0) is 17.8 Å². The molecule has 0 bridgehead atoms. The van der Waals surface area contributed by atoms with Crippen LogP contribution in [0.4, 0.5) is 4.39 Å². The Kier molecular flexibility index (Phi) is 4.04. The minimum absolute atomic E-state index is 0.121. The molecule has 24 heavy (non-hydrogen) atoms. The molecule has 1 atom stereocenters. The van der Waals surface area contributed by atoms with E-state index in [9.17, 15) is 9.18 Å². The lowest BCUT2D eigenvalue weighted by Gasteiger charge is -2.13. The average molecular weight is 346 g/mol. The van der Waals surface area contributed by atoms with Gasteiger partial charge in [0, 0.05) is 24.1 Å². The van der Waals surface area contributed by atoms with Crippen molar-refractivity contribution in [2.24, 2.45) is 5.73 Å². The van der Waals surface area contributed by atoms with Gasteiger partial charge in [0.15, 0.2) is 5.16 Å². The predicted octanol–water partition coefficient (Wildman–Crippen LogP) is 2.95. The standard InChI is InChI=1S/C17H19FN4OS/c18-13-3-1-2-12-11(13)6-7-14(12)24-17-21-20-16(10-4-5-10)22(17)9-8-15(19)23/h1-3,10,14H,4-9H2,(H2,19,23)/t14-/m1/s1. The lowest BCUT2D eigenvalue weighted by Crippen LogP contribution is -2.15. The van der Waals surface area contributed by atoms with Gasteiger partial charge < -0.3 is 10.3 Å². The number of halogens is 1. The number of primary amides is 1. The van der Waals surface area contributed by atoms with E-state index in [0.29, 0.717) is 12.5 Å². The van der Waals surface area contributed by atoms with E-state index in [-0.39, 0.29) is 23.4 Å². The lowest BCUT2D eigenvalue weighted by atomic mass is 10.1. The number of carbonyl (C=O) groups excluding carboxylic acids is 1. The summed E-state index contributed by atoms with van der Waals surface area (Å²) in [5, 5.41) is 9.67. The Hall–Kier alpha value is -1.89. The summed E-state index contributed by atoms with van der Waals surface area (Å²) in [7, 11) is 0. The summed E-state index contributed by atoms with van der Waals surface area (Å²) < 4.78 is 15.9. The van der Waals surface area contributed by atoms with Gasteiger partial charge in [0.2, 0.25) is 5.91 Å². The summed E-state index contributed by atoms with van der Waals surface area (Å²) in [4.78, 5) is 11.2. The van der Waals surface area contributed by atoms with Gasteiger partial charge in [-0.15, -0.1) is 10.2 Å². The van der Waals surface area contributed by atoms with E-state index in [1.165, 1.54) is 6.07 Å². The van der Waals surface area contributed by atoms with Gasteiger partial charge in [-0.2, -0.15) is 0 Å². The summed E-state index contributed by atoms with van der Waals surface area (Å²) >= 11 is 1.62. The van der Waals surface area contributed by atoms with Gasteiger partial charge >= 0.3 is 0 Å². The lowest BCUT2D eigenvalue weighted by molar-refractivity contribution is -0.118. The second-order valence-corrected chi connectivity index (χ2v) is 7.61. The van der Waals surface area contributed by atoms with Crippen molar-refractivity contribution in [1.82, 2.24) is 14.8 Å². The maximum absolute atomic E-state index is 13.9. The molecule has 4 rings (SSSR count). The summed E-state index contributed by atoms with van der Waals surface area (Å²) in [6, 6.07) is 5.28. The third-order valence-corrected chi connectivity index (χ3v) is 5.96. The molecule has 1 fully saturated rings. The highest BCUT2D eigenvalue weighted by atomic mass is 32.2. The van der Waals surface area contributed by atoms with Crippen LogP contribution in [0.25, 0.3) is 0 Å². The first-order chi connectivity index (χ1) is 11.6. The van der Waals surface area contributed by atoms with Gasteiger partial charge in [0.25, 0.3) is 0 Å². The summed E-state index contributed by atoms with van der Waals surface area (Å²) in [6.45, 7) is 0.513. The van der Waals surface area contributed by atoms with Crippen LogP contribution in [-0.4, -0.2) is 20.7 Å².